The summed E-state index contributed by atoms with van der Waals surface area (Å²) < 4.78 is 26.9. The molecule has 108 valence electrons. The zero-order valence-corrected chi connectivity index (χ0v) is 12.5. The monoisotopic (exact) mass is 293 g/mol. The predicted octanol–water partition coefficient (Wildman–Crippen LogP) is 1.94. The van der Waals surface area contributed by atoms with Gasteiger partial charge in [-0.25, -0.2) is 13.1 Å². The van der Waals surface area contributed by atoms with Gasteiger partial charge in [0.1, 0.15) is 0 Å². The first-order valence-corrected chi connectivity index (χ1v) is 8.03. The summed E-state index contributed by atoms with van der Waals surface area (Å²) in [7, 11) is -3.42. The topological polar surface area (TPSA) is 74.8 Å². The van der Waals surface area contributed by atoms with E-state index in [1.807, 2.05) is 13.0 Å². The van der Waals surface area contributed by atoms with E-state index >= 15 is 0 Å². The van der Waals surface area contributed by atoms with Gasteiger partial charge >= 0.3 is 0 Å². The zero-order chi connectivity index (χ0) is 14.6. The molecule has 0 aliphatic carbocycles. The Bertz CT molecular complexity index is 677. The summed E-state index contributed by atoms with van der Waals surface area (Å²) in [6.45, 7) is 4.17. The first-order chi connectivity index (χ1) is 9.50. The highest BCUT2D eigenvalue weighted by atomic mass is 32.2. The van der Waals surface area contributed by atoms with Crippen LogP contribution in [-0.2, 0) is 16.4 Å². The number of hydrogen-bond acceptors (Lipinski definition) is 3. The molecule has 0 aliphatic heterocycles. The Morgan fingerprint density at radius 3 is 2.65 bits per heavy atom. The number of H-pyrrole nitrogens is 1. The average Bonchev–Trinajstić information content (AvgIpc) is 2.81. The molecule has 2 N–H and O–H groups in total. The molecule has 0 bridgehead atoms. The van der Waals surface area contributed by atoms with E-state index in [2.05, 4.69) is 14.9 Å². The SMILES string of the molecule is Cc1ccccc1S(=O)(=O)NCCCc1cn[nH]c1C. The Morgan fingerprint density at radius 2 is 2.00 bits per heavy atom. The minimum Gasteiger partial charge on any atom is -0.283 e. The van der Waals surface area contributed by atoms with Gasteiger partial charge in [-0.1, -0.05) is 18.2 Å². The number of rotatable bonds is 6. The number of benzene rings is 1. The smallest absolute Gasteiger partial charge is 0.240 e. The molecular weight excluding hydrogens is 274 g/mol. The van der Waals surface area contributed by atoms with E-state index in [0.29, 0.717) is 11.4 Å². The van der Waals surface area contributed by atoms with E-state index in [1.165, 1.54) is 0 Å². The van der Waals surface area contributed by atoms with Gasteiger partial charge in [-0.3, -0.25) is 5.10 Å². The van der Waals surface area contributed by atoms with Crippen molar-refractivity contribution in [2.75, 3.05) is 6.54 Å². The minimum atomic E-state index is -3.42. The summed E-state index contributed by atoms with van der Waals surface area (Å²) in [5, 5.41) is 6.82. The van der Waals surface area contributed by atoms with Crippen molar-refractivity contribution in [2.45, 2.75) is 31.6 Å². The van der Waals surface area contributed by atoms with E-state index in [9.17, 15) is 8.42 Å². The van der Waals surface area contributed by atoms with Gasteiger partial charge in [-0.05, 0) is 43.9 Å². The summed E-state index contributed by atoms with van der Waals surface area (Å²) in [4.78, 5) is 0.347. The Balaban J connectivity index is 1.91. The summed E-state index contributed by atoms with van der Waals surface area (Å²) in [5.41, 5.74) is 2.91. The van der Waals surface area contributed by atoms with Gasteiger partial charge in [-0.2, -0.15) is 5.10 Å². The van der Waals surface area contributed by atoms with Crippen molar-refractivity contribution in [3.63, 3.8) is 0 Å². The Kier molecular flexibility index (Phi) is 4.57. The molecule has 20 heavy (non-hydrogen) atoms. The van der Waals surface area contributed by atoms with Crippen LogP contribution in [0.25, 0.3) is 0 Å². The van der Waals surface area contributed by atoms with Crippen LogP contribution in [0.5, 0.6) is 0 Å². The van der Waals surface area contributed by atoms with Crippen molar-refractivity contribution in [1.82, 2.24) is 14.9 Å². The van der Waals surface area contributed by atoms with Crippen LogP contribution in [0.15, 0.2) is 35.4 Å². The van der Waals surface area contributed by atoms with Gasteiger partial charge in [0.25, 0.3) is 0 Å². The number of nitrogens with zero attached hydrogens (tertiary/aromatic N) is 1. The van der Waals surface area contributed by atoms with Crippen molar-refractivity contribution >= 4 is 10.0 Å². The lowest BCUT2D eigenvalue weighted by Crippen LogP contribution is -2.25. The Hall–Kier alpha value is -1.66. The maximum Gasteiger partial charge on any atom is 0.240 e. The fourth-order valence-electron chi connectivity index (χ4n) is 2.05. The molecule has 6 heteroatoms. The van der Waals surface area contributed by atoms with Crippen molar-refractivity contribution in [1.29, 1.82) is 0 Å². The lowest BCUT2D eigenvalue weighted by molar-refractivity contribution is 0.578. The van der Waals surface area contributed by atoms with Crippen molar-refractivity contribution in [3.05, 3.63) is 47.3 Å². The molecule has 2 aromatic rings. The number of nitrogens with one attached hydrogen (secondary N) is 2. The highest BCUT2D eigenvalue weighted by Crippen LogP contribution is 2.13. The van der Waals surface area contributed by atoms with Crippen molar-refractivity contribution in [2.24, 2.45) is 0 Å². The van der Waals surface area contributed by atoms with Crippen LogP contribution in [0.4, 0.5) is 0 Å². The van der Waals surface area contributed by atoms with Crippen LogP contribution in [0.2, 0.25) is 0 Å². The normalized spacial score (nSPS) is 11.7. The van der Waals surface area contributed by atoms with Crippen LogP contribution in [0, 0.1) is 13.8 Å². The van der Waals surface area contributed by atoms with Gasteiger partial charge in [0.2, 0.25) is 10.0 Å². The molecule has 0 unspecified atom stereocenters. The molecule has 2 rings (SSSR count). The fourth-order valence-corrected chi connectivity index (χ4v) is 3.37. The molecule has 0 radical (unpaired) electrons. The molecule has 1 aromatic carbocycles. The number of aryl methyl sites for hydroxylation is 3. The first kappa shape index (κ1) is 14.7. The van der Waals surface area contributed by atoms with Crippen molar-refractivity contribution < 1.29 is 8.42 Å². The predicted molar refractivity (Wildman–Crippen MR) is 78.0 cm³/mol. The highest BCUT2D eigenvalue weighted by molar-refractivity contribution is 7.89. The second-order valence-corrected chi connectivity index (χ2v) is 6.52. The summed E-state index contributed by atoms with van der Waals surface area (Å²) in [6, 6.07) is 6.98. The Morgan fingerprint density at radius 1 is 1.25 bits per heavy atom. The molecule has 0 saturated carbocycles. The molecule has 0 atom stereocenters. The molecule has 0 fully saturated rings. The van der Waals surface area contributed by atoms with Gasteiger partial charge < -0.3 is 0 Å². The zero-order valence-electron chi connectivity index (χ0n) is 11.7. The van der Waals surface area contributed by atoms with Crippen LogP contribution in [0.1, 0.15) is 23.2 Å². The molecule has 1 heterocycles. The molecular formula is C14H19N3O2S. The number of aromatic amines is 1. The maximum atomic E-state index is 12.2. The molecule has 0 saturated heterocycles. The van der Waals surface area contributed by atoms with E-state index in [1.54, 1.807) is 31.3 Å². The third-order valence-electron chi connectivity index (χ3n) is 3.23. The summed E-state index contributed by atoms with van der Waals surface area (Å²) in [6.07, 6.45) is 3.33. The fraction of sp³-hybridized carbons (Fsp3) is 0.357. The molecule has 0 amide bonds. The maximum absolute atomic E-state index is 12.2. The highest BCUT2D eigenvalue weighted by Gasteiger charge is 2.15. The summed E-state index contributed by atoms with van der Waals surface area (Å²) >= 11 is 0. The number of aromatic nitrogens is 2. The second-order valence-electron chi connectivity index (χ2n) is 4.79. The van der Waals surface area contributed by atoms with Gasteiger partial charge in [0.15, 0.2) is 0 Å². The van der Waals surface area contributed by atoms with Gasteiger partial charge in [-0.15, -0.1) is 0 Å². The summed E-state index contributed by atoms with van der Waals surface area (Å²) in [5.74, 6) is 0. The third-order valence-corrected chi connectivity index (χ3v) is 4.85. The van der Waals surface area contributed by atoms with E-state index in [0.717, 1.165) is 29.7 Å². The standard InChI is InChI=1S/C14H19N3O2S/c1-11-6-3-4-8-14(11)20(18,19)16-9-5-7-13-10-15-17-12(13)2/h3-4,6,8,10,16H,5,7,9H2,1-2H3,(H,15,17). The van der Waals surface area contributed by atoms with Gasteiger partial charge in [0.05, 0.1) is 11.1 Å². The van der Waals surface area contributed by atoms with E-state index in [4.69, 9.17) is 0 Å². The lowest BCUT2D eigenvalue weighted by Gasteiger charge is -2.08. The molecule has 0 aliphatic rings. The molecule has 1 aromatic heterocycles. The van der Waals surface area contributed by atoms with E-state index < -0.39 is 10.0 Å². The largest absolute Gasteiger partial charge is 0.283 e. The van der Waals surface area contributed by atoms with Crippen molar-refractivity contribution in [3.8, 4) is 0 Å². The Labute approximate surface area is 119 Å². The first-order valence-electron chi connectivity index (χ1n) is 6.55. The lowest BCUT2D eigenvalue weighted by atomic mass is 10.1. The molecule has 5 nitrogen and oxygen atoms in total. The van der Waals surface area contributed by atoms with Crippen LogP contribution >= 0.6 is 0 Å². The third kappa shape index (κ3) is 3.46. The van der Waals surface area contributed by atoms with Crippen LogP contribution in [0.3, 0.4) is 0 Å². The van der Waals surface area contributed by atoms with E-state index in [-0.39, 0.29) is 0 Å². The number of hydrogen-bond donors (Lipinski definition) is 2. The van der Waals surface area contributed by atoms with Gasteiger partial charge in [0, 0.05) is 12.2 Å². The quantitative estimate of drug-likeness (QED) is 0.799. The average molecular weight is 293 g/mol. The second kappa shape index (κ2) is 6.19. The molecule has 0 spiro atoms. The number of sulfonamides is 1. The van der Waals surface area contributed by atoms with Crippen LogP contribution < -0.4 is 4.72 Å². The van der Waals surface area contributed by atoms with Crippen LogP contribution in [-0.4, -0.2) is 25.2 Å². The minimum absolute atomic E-state index is 0.347.